The Morgan fingerprint density at radius 2 is 1.88 bits per heavy atom. The summed E-state index contributed by atoms with van der Waals surface area (Å²) in [4.78, 5) is 21.3. The summed E-state index contributed by atoms with van der Waals surface area (Å²) in [5.74, 6) is 2.39. The molecule has 1 amide bonds. The molecule has 7 nitrogen and oxygen atoms in total. The number of piperazine rings is 1. The van der Waals surface area contributed by atoms with Gasteiger partial charge in [0.15, 0.2) is 5.82 Å². The van der Waals surface area contributed by atoms with E-state index in [4.69, 9.17) is 0 Å². The standard InChI is InChI=1S/C18H26N6O/c1-13(2)18-19-15(12-22(18)4)11-17(25)24-9-7-23(8-10-24)16-6-5-14(3)20-21-16/h5-6,12-13H,7-11H2,1-4H3. The molecule has 0 radical (unpaired) electrons. The van der Waals surface area contributed by atoms with Crippen molar-refractivity contribution in [1.82, 2.24) is 24.6 Å². The fraction of sp³-hybridized carbons (Fsp3) is 0.556. The first kappa shape index (κ1) is 17.4. The van der Waals surface area contributed by atoms with E-state index in [0.29, 0.717) is 25.4 Å². The number of aryl methyl sites for hydroxylation is 2. The summed E-state index contributed by atoms with van der Waals surface area (Å²) in [6.45, 7) is 9.13. The lowest BCUT2D eigenvalue weighted by Gasteiger charge is -2.35. The molecule has 25 heavy (non-hydrogen) atoms. The topological polar surface area (TPSA) is 67.2 Å². The van der Waals surface area contributed by atoms with Crippen LogP contribution in [0.2, 0.25) is 0 Å². The minimum absolute atomic E-state index is 0.142. The van der Waals surface area contributed by atoms with Crippen LogP contribution in [0.15, 0.2) is 18.3 Å². The zero-order valence-corrected chi connectivity index (χ0v) is 15.4. The van der Waals surface area contributed by atoms with Crippen LogP contribution in [0.1, 0.15) is 37.0 Å². The van der Waals surface area contributed by atoms with Gasteiger partial charge in [-0.05, 0) is 19.1 Å². The van der Waals surface area contributed by atoms with Crippen molar-refractivity contribution >= 4 is 11.7 Å². The van der Waals surface area contributed by atoms with Crippen LogP contribution in [0.25, 0.3) is 0 Å². The Morgan fingerprint density at radius 1 is 1.16 bits per heavy atom. The van der Waals surface area contributed by atoms with Crippen molar-refractivity contribution in [2.45, 2.75) is 33.1 Å². The van der Waals surface area contributed by atoms with E-state index in [0.717, 1.165) is 36.1 Å². The van der Waals surface area contributed by atoms with Crippen LogP contribution in [-0.2, 0) is 18.3 Å². The van der Waals surface area contributed by atoms with Crippen molar-refractivity contribution in [1.29, 1.82) is 0 Å². The molecule has 3 rings (SSSR count). The zero-order chi connectivity index (χ0) is 18.0. The number of nitrogens with zero attached hydrogens (tertiary/aromatic N) is 6. The Labute approximate surface area is 148 Å². The third-order valence-corrected chi connectivity index (χ3v) is 4.55. The maximum absolute atomic E-state index is 12.6. The van der Waals surface area contributed by atoms with E-state index < -0.39 is 0 Å². The van der Waals surface area contributed by atoms with Gasteiger partial charge in [-0.15, -0.1) is 5.10 Å². The van der Waals surface area contributed by atoms with Gasteiger partial charge in [0.25, 0.3) is 0 Å². The highest BCUT2D eigenvalue weighted by atomic mass is 16.2. The Kier molecular flexibility index (Phi) is 5.01. The number of carbonyl (C=O) groups is 1. The fourth-order valence-corrected chi connectivity index (χ4v) is 3.18. The van der Waals surface area contributed by atoms with Crippen LogP contribution >= 0.6 is 0 Å². The summed E-state index contributed by atoms with van der Waals surface area (Å²) in [6, 6.07) is 3.95. The third kappa shape index (κ3) is 3.97. The predicted molar refractivity (Wildman–Crippen MR) is 96.6 cm³/mol. The molecule has 2 aromatic rings. The Morgan fingerprint density at radius 3 is 2.44 bits per heavy atom. The lowest BCUT2D eigenvalue weighted by molar-refractivity contribution is -0.130. The molecule has 1 saturated heterocycles. The maximum atomic E-state index is 12.6. The van der Waals surface area contributed by atoms with Gasteiger partial charge >= 0.3 is 0 Å². The van der Waals surface area contributed by atoms with Gasteiger partial charge in [-0.1, -0.05) is 13.8 Å². The molecule has 1 fully saturated rings. The average Bonchev–Trinajstić information content (AvgIpc) is 2.96. The number of hydrogen-bond acceptors (Lipinski definition) is 5. The molecular weight excluding hydrogens is 316 g/mol. The van der Waals surface area contributed by atoms with E-state index in [9.17, 15) is 4.79 Å². The normalized spacial score (nSPS) is 15.1. The second-order valence-corrected chi connectivity index (χ2v) is 6.93. The fourth-order valence-electron chi connectivity index (χ4n) is 3.18. The number of carbonyl (C=O) groups excluding carboxylic acids is 1. The number of aromatic nitrogens is 4. The van der Waals surface area contributed by atoms with E-state index in [2.05, 4.69) is 33.9 Å². The van der Waals surface area contributed by atoms with Gasteiger partial charge in [0, 0.05) is 45.3 Å². The van der Waals surface area contributed by atoms with Crippen molar-refractivity contribution in [2.75, 3.05) is 31.1 Å². The first-order valence-electron chi connectivity index (χ1n) is 8.79. The second-order valence-electron chi connectivity index (χ2n) is 6.93. The van der Waals surface area contributed by atoms with Crippen molar-refractivity contribution in [2.24, 2.45) is 7.05 Å². The van der Waals surface area contributed by atoms with Crippen LogP contribution < -0.4 is 4.90 Å². The van der Waals surface area contributed by atoms with E-state index in [1.165, 1.54) is 0 Å². The molecule has 7 heteroatoms. The maximum Gasteiger partial charge on any atom is 0.228 e. The Bertz CT molecular complexity index is 729. The minimum atomic E-state index is 0.142. The van der Waals surface area contributed by atoms with E-state index in [1.807, 2.05) is 41.8 Å². The van der Waals surface area contributed by atoms with Gasteiger partial charge in [0.2, 0.25) is 5.91 Å². The van der Waals surface area contributed by atoms with Gasteiger partial charge < -0.3 is 14.4 Å². The smallest absolute Gasteiger partial charge is 0.228 e. The van der Waals surface area contributed by atoms with Gasteiger partial charge in [-0.3, -0.25) is 4.79 Å². The molecule has 0 atom stereocenters. The van der Waals surface area contributed by atoms with E-state index in [-0.39, 0.29) is 5.91 Å². The summed E-state index contributed by atoms with van der Waals surface area (Å²) >= 11 is 0. The number of hydrogen-bond donors (Lipinski definition) is 0. The summed E-state index contributed by atoms with van der Waals surface area (Å²) < 4.78 is 2.02. The monoisotopic (exact) mass is 342 g/mol. The highest BCUT2D eigenvalue weighted by Crippen LogP contribution is 2.16. The summed E-state index contributed by atoms with van der Waals surface area (Å²) in [5.41, 5.74) is 1.76. The van der Waals surface area contributed by atoms with Crippen LogP contribution in [0.5, 0.6) is 0 Å². The van der Waals surface area contributed by atoms with Crippen molar-refractivity contribution < 1.29 is 4.79 Å². The van der Waals surface area contributed by atoms with Crippen LogP contribution in [-0.4, -0.2) is 56.7 Å². The van der Waals surface area contributed by atoms with Crippen molar-refractivity contribution in [3.8, 4) is 0 Å². The van der Waals surface area contributed by atoms with Crippen molar-refractivity contribution in [3.05, 3.63) is 35.5 Å². The predicted octanol–water partition coefficient (Wildman–Crippen LogP) is 1.53. The molecule has 0 unspecified atom stereocenters. The highest BCUT2D eigenvalue weighted by Gasteiger charge is 2.23. The third-order valence-electron chi connectivity index (χ3n) is 4.55. The molecular formula is C18H26N6O. The summed E-state index contributed by atoms with van der Waals surface area (Å²) in [7, 11) is 1.98. The molecule has 0 saturated carbocycles. The molecule has 0 N–H and O–H groups in total. The number of imidazole rings is 1. The Hall–Kier alpha value is -2.44. The molecule has 1 aliphatic heterocycles. The number of anilines is 1. The molecule has 2 aromatic heterocycles. The van der Waals surface area contributed by atoms with Gasteiger partial charge in [-0.2, -0.15) is 5.10 Å². The molecule has 134 valence electrons. The lowest BCUT2D eigenvalue weighted by Crippen LogP contribution is -2.49. The molecule has 1 aliphatic rings. The van der Waals surface area contributed by atoms with Gasteiger partial charge in [0.1, 0.15) is 5.82 Å². The van der Waals surface area contributed by atoms with E-state index in [1.54, 1.807) is 0 Å². The molecule has 0 aliphatic carbocycles. The minimum Gasteiger partial charge on any atom is -0.352 e. The SMILES string of the molecule is Cc1ccc(N2CCN(C(=O)Cc3cn(C)c(C(C)C)n3)CC2)nn1. The first-order chi connectivity index (χ1) is 11.9. The van der Waals surface area contributed by atoms with Crippen LogP contribution in [0.3, 0.4) is 0 Å². The molecule has 0 spiro atoms. The molecule has 0 bridgehead atoms. The first-order valence-corrected chi connectivity index (χ1v) is 8.79. The van der Waals surface area contributed by atoms with E-state index >= 15 is 0 Å². The number of amides is 1. The lowest BCUT2D eigenvalue weighted by atomic mass is 10.2. The number of rotatable bonds is 4. The average molecular weight is 342 g/mol. The Balaban J connectivity index is 1.56. The quantitative estimate of drug-likeness (QED) is 0.843. The summed E-state index contributed by atoms with van der Waals surface area (Å²) in [5, 5.41) is 8.33. The van der Waals surface area contributed by atoms with Crippen LogP contribution in [0.4, 0.5) is 5.82 Å². The highest BCUT2D eigenvalue weighted by molar-refractivity contribution is 5.78. The molecule has 3 heterocycles. The van der Waals surface area contributed by atoms with Crippen molar-refractivity contribution in [3.63, 3.8) is 0 Å². The second kappa shape index (κ2) is 7.21. The largest absolute Gasteiger partial charge is 0.352 e. The van der Waals surface area contributed by atoms with Crippen LogP contribution in [0, 0.1) is 6.92 Å². The van der Waals surface area contributed by atoms with Gasteiger partial charge in [0.05, 0.1) is 17.8 Å². The zero-order valence-electron chi connectivity index (χ0n) is 15.4. The molecule has 0 aromatic carbocycles. The summed E-state index contributed by atoms with van der Waals surface area (Å²) in [6.07, 6.45) is 2.33. The van der Waals surface area contributed by atoms with Gasteiger partial charge in [-0.25, -0.2) is 4.98 Å².